The molecule has 2 bridgehead atoms. The van der Waals surface area contributed by atoms with Gasteiger partial charge in [-0.05, 0) is 44.0 Å². The molecule has 0 aromatic carbocycles. The molecular weight excluding hydrogens is 315 g/mol. The van der Waals surface area contributed by atoms with E-state index in [4.69, 9.17) is 0 Å². The molecule has 1 amide bonds. The summed E-state index contributed by atoms with van der Waals surface area (Å²) in [6.45, 7) is 3.25. The number of piperidine rings is 3. The van der Waals surface area contributed by atoms with Crippen molar-refractivity contribution in [1.82, 2.24) is 20.2 Å². The molecule has 1 unspecified atom stereocenters. The fourth-order valence-corrected chi connectivity index (χ4v) is 4.16. The average molecular weight is 332 g/mol. The third-order valence-corrected chi connectivity index (χ3v) is 5.67. The lowest BCUT2D eigenvalue weighted by atomic mass is 9.84. The highest BCUT2D eigenvalue weighted by Gasteiger charge is 2.35. The molecule has 23 heavy (non-hydrogen) atoms. The summed E-state index contributed by atoms with van der Waals surface area (Å²) in [7, 11) is 0. The maximum Gasteiger partial charge on any atom is 0.263 e. The lowest BCUT2D eigenvalue weighted by Crippen LogP contribution is -2.57. The van der Waals surface area contributed by atoms with Crippen LogP contribution in [0, 0.1) is 11.7 Å². The third kappa shape index (κ3) is 2.98. The van der Waals surface area contributed by atoms with Crippen LogP contribution in [0.2, 0.25) is 0 Å². The molecular formula is C16H17FN4OS. The van der Waals surface area contributed by atoms with Gasteiger partial charge in [0.25, 0.3) is 5.91 Å². The van der Waals surface area contributed by atoms with E-state index in [1.54, 1.807) is 12.3 Å². The molecule has 0 aliphatic carbocycles. The molecule has 5 nitrogen and oxygen atoms in total. The number of nitrogens with one attached hydrogen (secondary N) is 1. The SMILES string of the molecule is O=C(NC1CN2CCC1CC2)c1cnc(-c2ccc(F)cn2)s1. The first-order valence-electron chi connectivity index (χ1n) is 7.80. The Labute approximate surface area is 137 Å². The molecule has 5 rings (SSSR count). The summed E-state index contributed by atoms with van der Waals surface area (Å²) >= 11 is 1.29. The number of hydrogen-bond donors (Lipinski definition) is 1. The molecule has 3 saturated heterocycles. The second-order valence-corrected chi connectivity index (χ2v) is 7.14. The number of carbonyl (C=O) groups excluding carboxylic acids is 1. The molecule has 2 aromatic heterocycles. The minimum Gasteiger partial charge on any atom is -0.347 e. The molecule has 0 saturated carbocycles. The molecule has 3 aliphatic rings. The van der Waals surface area contributed by atoms with Crippen LogP contribution in [0.1, 0.15) is 22.5 Å². The number of halogens is 1. The number of rotatable bonds is 3. The van der Waals surface area contributed by atoms with Crippen molar-refractivity contribution in [3.8, 4) is 10.7 Å². The number of hydrogen-bond acceptors (Lipinski definition) is 5. The fraction of sp³-hybridized carbons (Fsp3) is 0.438. The van der Waals surface area contributed by atoms with Crippen molar-refractivity contribution in [3.63, 3.8) is 0 Å². The molecule has 1 atom stereocenters. The summed E-state index contributed by atoms with van der Waals surface area (Å²) in [4.78, 5) is 23.7. The van der Waals surface area contributed by atoms with E-state index in [1.165, 1.54) is 30.2 Å². The smallest absolute Gasteiger partial charge is 0.263 e. The number of pyridine rings is 1. The van der Waals surface area contributed by atoms with E-state index in [0.29, 0.717) is 21.5 Å². The van der Waals surface area contributed by atoms with Crippen LogP contribution >= 0.6 is 11.3 Å². The third-order valence-electron chi connectivity index (χ3n) is 4.65. The molecule has 1 N–H and O–H groups in total. The normalized spacial score (nSPS) is 26.2. The quantitative estimate of drug-likeness (QED) is 0.936. The van der Waals surface area contributed by atoms with Gasteiger partial charge in [-0.15, -0.1) is 11.3 Å². The van der Waals surface area contributed by atoms with Gasteiger partial charge in [0, 0.05) is 12.6 Å². The maximum absolute atomic E-state index is 12.9. The van der Waals surface area contributed by atoms with E-state index in [-0.39, 0.29) is 17.8 Å². The molecule has 7 heteroatoms. The zero-order valence-corrected chi connectivity index (χ0v) is 13.4. The van der Waals surface area contributed by atoms with Gasteiger partial charge in [-0.3, -0.25) is 9.78 Å². The van der Waals surface area contributed by atoms with Gasteiger partial charge in [0.05, 0.1) is 18.1 Å². The van der Waals surface area contributed by atoms with Crippen LogP contribution in [0.15, 0.2) is 24.5 Å². The number of thiazole rings is 1. The van der Waals surface area contributed by atoms with E-state index in [1.807, 2.05) is 0 Å². The molecule has 120 valence electrons. The zero-order valence-electron chi connectivity index (χ0n) is 12.5. The molecule has 5 heterocycles. The largest absolute Gasteiger partial charge is 0.347 e. The van der Waals surface area contributed by atoms with Gasteiger partial charge >= 0.3 is 0 Å². The van der Waals surface area contributed by atoms with E-state index >= 15 is 0 Å². The molecule has 3 fully saturated rings. The minimum absolute atomic E-state index is 0.0744. The molecule has 0 radical (unpaired) electrons. The Morgan fingerprint density at radius 1 is 1.26 bits per heavy atom. The maximum atomic E-state index is 12.9. The minimum atomic E-state index is -0.384. The van der Waals surface area contributed by atoms with Crippen LogP contribution in [-0.4, -0.2) is 46.5 Å². The van der Waals surface area contributed by atoms with E-state index in [0.717, 1.165) is 25.8 Å². The highest BCUT2D eigenvalue weighted by molar-refractivity contribution is 7.16. The first-order valence-corrected chi connectivity index (χ1v) is 8.61. The Morgan fingerprint density at radius 3 is 2.74 bits per heavy atom. The Kier molecular flexibility index (Phi) is 3.82. The number of amides is 1. The predicted molar refractivity (Wildman–Crippen MR) is 85.7 cm³/mol. The highest BCUT2D eigenvalue weighted by atomic mass is 32.1. The van der Waals surface area contributed by atoms with Crippen LogP contribution in [0.3, 0.4) is 0 Å². The summed E-state index contributed by atoms with van der Waals surface area (Å²) in [6, 6.07) is 3.15. The van der Waals surface area contributed by atoms with Crippen LogP contribution in [0.25, 0.3) is 10.7 Å². The number of nitrogens with zero attached hydrogens (tertiary/aromatic N) is 3. The van der Waals surface area contributed by atoms with Crippen molar-refractivity contribution in [2.45, 2.75) is 18.9 Å². The topological polar surface area (TPSA) is 58.1 Å². The van der Waals surface area contributed by atoms with Crippen molar-refractivity contribution >= 4 is 17.2 Å². The van der Waals surface area contributed by atoms with Crippen LogP contribution < -0.4 is 5.32 Å². The summed E-state index contributed by atoms with van der Waals surface area (Å²) in [5, 5.41) is 3.78. The highest BCUT2D eigenvalue weighted by Crippen LogP contribution is 2.28. The summed E-state index contributed by atoms with van der Waals surface area (Å²) < 4.78 is 12.9. The van der Waals surface area contributed by atoms with Crippen molar-refractivity contribution in [2.24, 2.45) is 5.92 Å². The van der Waals surface area contributed by atoms with Gasteiger partial charge in [0.1, 0.15) is 15.7 Å². The lowest BCUT2D eigenvalue weighted by Gasteiger charge is -2.44. The Hall–Kier alpha value is -1.86. The predicted octanol–water partition coefficient (Wildman–Crippen LogP) is 2.17. The van der Waals surface area contributed by atoms with E-state index in [9.17, 15) is 9.18 Å². The van der Waals surface area contributed by atoms with Crippen LogP contribution in [0.5, 0.6) is 0 Å². The van der Waals surface area contributed by atoms with Crippen LogP contribution in [0.4, 0.5) is 4.39 Å². The molecule has 3 aliphatic heterocycles. The Balaban J connectivity index is 1.46. The molecule has 2 aromatic rings. The monoisotopic (exact) mass is 332 g/mol. The Morgan fingerprint density at radius 2 is 2.09 bits per heavy atom. The van der Waals surface area contributed by atoms with Gasteiger partial charge in [0.2, 0.25) is 0 Å². The second kappa shape index (κ2) is 5.98. The summed E-state index contributed by atoms with van der Waals surface area (Å²) in [5.41, 5.74) is 0.582. The Bertz CT molecular complexity index is 709. The van der Waals surface area contributed by atoms with Gasteiger partial charge < -0.3 is 10.2 Å². The fourth-order valence-electron chi connectivity index (χ4n) is 3.37. The van der Waals surface area contributed by atoms with Crippen molar-refractivity contribution in [3.05, 3.63) is 35.2 Å². The summed E-state index contributed by atoms with van der Waals surface area (Å²) in [6.07, 6.45) is 5.06. The number of fused-ring (bicyclic) bond motifs is 3. The van der Waals surface area contributed by atoms with Gasteiger partial charge in [0.15, 0.2) is 0 Å². The second-order valence-electron chi connectivity index (χ2n) is 6.11. The van der Waals surface area contributed by atoms with Gasteiger partial charge in [-0.1, -0.05) is 0 Å². The number of aromatic nitrogens is 2. The first-order chi connectivity index (χ1) is 11.2. The van der Waals surface area contributed by atoms with Gasteiger partial charge in [-0.2, -0.15) is 0 Å². The van der Waals surface area contributed by atoms with E-state index < -0.39 is 0 Å². The van der Waals surface area contributed by atoms with Crippen LogP contribution in [-0.2, 0) is 0 Å². The number of carbonyl (C=O) groups is 1. The summed E-state index contributed by atoms with van der Waals surface area (Å²) in [5.74, 6) is 0.135. The van der Waals surface area contributed by atoms with Crippen molar-refractivity contribution in [1.29, 1.82) is 0 Å². The first kappa shape index (κ1) is 14.7. The van der Waals surface area contributed by atoms with E-state index in [2.05, 4.69) is 20.2 Å². The van der Waals surface area contributed by atoms with Crippen molar-refractivity contribution in [2.75, 3.05) is 19.6 Å². The standard InChI is InChI=1S/C16H17FN4OS/c17-11-1-2-12(18-7-11)16-19-8-14(23-16)15(22)20-13-9-21-5-3-10(13)4-6-21/h1-2,7-8,10,13H,3-6,9H2,(H,20,22). The van der Waals surface area contributed by atoms with Gasteiger partial charge in [-0.25, -0.2) is 9.37 Å². The lowest BCUT2D eigenvalue weighted by molar-refractivity contribution is 0.0622. The molecule has 0 spiro atoms. The van der Waals surface area contributed by atoms with Crippen molar-refractivity contribution < 1.29 is 9.18 Å². The zero-order chi connectivity index (χ0) is 15.8. The average Bonchev–Trinajstić information content (AvgIpc) is 3.07.